The van der Waals surface area contributed by atoms with Crippen LogP contribution in [0.5, 0.6) is 0 Å². The first kappa shape index (κ1) is 10.5. The minimum atomic E-state index is -3.06. The van der Waals surface area contributed by atoms with Gasteiger partial charge in [-0.15, -0.1) is 0 Å². The third-order valence-corrected chi connectivity index (χ3v) is 4.53. The van der Waals surface area contributed by atoms with Crippen LogP contribution in [0.15, 0.2) is 23.5 Å². The lowest BCUT2D eigenvalue weighted by Crippen LogP contribution is -2.37. The summed E-state index contributed by atoms with van der Waals surface area (Å²) in [6.45, 7) is 0. The van der Waals surface area contributed by atoms with Crippen molar-refractivity contribution in [3.05, 3.63) is 29.0 Å². The van der Waals surface area contributed by atoms with Crippen molar-refractivity contribution in [2.45, 2.75) is 11.7 Å². The fourth-order valence-corrected chi connectivity index (χ4v) is 3.15. The lowest BCUT2D eigenvalue weighted by Gasteiger charge is -2.14. The van der Waals surface area contributed by atoms with Gasteiger partial charge in [-0.05, 0) is 23.3 Å². The monoisotopic (exact) mass is 248 g/mol. The van der Waals surface area contributed by atoms with Gasteiger partial charge in [-0.1, -0.05) is 6.08 Å². The van der Waals surface area contributed by atoms with E-state index in [4.69, 9.17) is 0 Å². The third-order valence-electron chi connectivity index (χ3n) is 3.13. The van der Waals surface area contributed by atoms with Gasteiger partial charge < -0.3 is 4.57 Å². The van der Waals surface area contributed by atoms with E-state index in [0.717, 1.165) is 16.1 Å². The van der Waals surface area contributed by atoms with E-state index in [9.17, 15) is 8.42 Å². The zero-order valence-electron chi connectivity index (χ0n) is 9.37. The molecule has 0 saturated heterocycles. The van der Waals surface area contributed by atoms with Gasteiger partial charge in [-0.3, -0.25) is 4.99 Å². The normalized spacial score (nSPS) is 21.9. The number of hydrogen-bond acceptors (Lipinski definition) is 3. The molecule has 3 rings (SSSR count). The molecule has 4 nitrogen and oxygen atoms in total. The van der Waals surface area contributed by atoms with Gasteiger partial charge in [0.25, 0.3) is 0 Å². The highest BCUT2D eigenvalue weighted by atomic mass is 32.2. The summed E-state index contributed by atoms with van der Waals surface area (Å²) in [6, 6.07) is 1.94. The van der Waals surface area contributed by atoms with Gasteiger partial charge in [-0.2, -0.15) is 0 Å². The topological polar surface area (TPSA) is 51.4 Å². The van der Waals surface area contributed by atoms with Crippen LogP contribution in [0, 0.1) is 0 Å². The van der Waals surface area contributed by atoms with Crippen LogP contribution >= 0.6 is 0 Å². The number of nitrogens with zero attached hydrogens (tertiary/aromatic N) is 2. The minimum absolute atomic E-state index is 0.439. The van der Waals surface area contributed by atoms with Gasteiger partial charge in [0.05, 0.1) is 10.6 Å². The average molecular weight is 248 g/mol. The van der Waals surface area contributed by atoms with Crippen LogP contribution in [-0.2, 0) is 9.84 Å². The van der Waals surface area contributed by atoms with Crippen molar-refractivity contribution in [2.75, 3.05) is 6.26 Å². The van der Waals surface area contributed by atoms with Gasteiger partial charge in [0.15, 0.2) is 9.84 Å². The number of hydrogen-bond donors (Lipinski definition) is 0. The molecule has 1 atom stereocenters. The maximum Gasteiger partial charge on any atom is 0.154 e. The second-order valence-corrected chi connectivity index (χ2v) is 6.63. The molecule has 0 spiro atoms. The van der Waals surface area contributed by atoms with E-state index in [2.05, 4.69) is 4.99 Å². The fourth-order valence-electron chi connectivity index (χ4n) is 2.28. The number of aliphatic imine (C=N–C) groups is 1. The highest BCUT2D eigenvalue weighted by molar-refractivity contribution is 7.91. The van der Waals surface area contributed by atoms with Crippen LogP contribution < -0.4 is 10.6 Å². The summed E-state index contributed by atoms with van der Waals surface area (Å²) >= 11 is 0. The summed E-state index contributed by atoms with van der Waals surface area (Å²) in [5, 5.41) is 1.59. The summed E-state index contributed by atoms with van der Waals surface area (Å²) in [5.41, 5.74) is 0.980. The maximum absolute atomic E-state index is 11.7. The Balaban J connectivity index is 2.32. The molecule has 1 aromatic rings. The van der Waals surface area contributed by atoms with Crippen LogP contribution in [0.4, 0.5) is 0 Å². The first-order chi connectivity index (χ1) is 8.05. The molecule has 0 bridgehead atoms. The summed E-state index contributed by atoms with van der Waals surface area (Å²) < 4.78 is 25.3. The van der Waals surface area contributed by atoms with E-state index < -0.39 is 15.1 Å². The molecule has 0 saturated carbocycles. The average Bonchev–Trinajstić information content (AvgIpc) is 2.53. The molecule has 1 aliphatic heterocycles. The van der Waals surface area contributed by atoms with Crippen molar-refractivity contribution in [2.24, 2.45) is 4.99 Å². The van der Waals surface area contributed by atoms with E-state index in [0.29, 0.717) is 6.42 Å². The van der Waals surface area contributed by atoms with Crippen LogP contribution in [0.3, 0.4) is 0 Å². The highest BCUT2D eigenvalue weighted by Gasteiger charge is 2.23. The SMILES string of the molecule is CS(=O)(=O)C1C=c2ccn3c2=C(C=NC=C3)C1. The summed E-state index contributed by atoms with van der Waals surface area (Å²) in [4.78, 5) is 4.13. The zero-order chi connectivity index (χ0) is 12.0. The fraction of sp³-hybridized carbons (Fsp3) is 0.250. The third kappa shape index (κ3) is 1.67. The quantitative estimate of drug-likeness (QED) is 0.688. The smallest absolute Gasteiger partial charge is 0.154 e. The van der Waals surface area contributed by atoms with E-state index >= 15 is 0 Å². The van der Waals surface area contributed by atoms with E-state index in [1.807, 2.05) is 29.1 Å². The first-order valence-corrected chi connectivity index (χ1v) is 7.32. The predicted molar refractivity (Wildman–Crippen MR) is 68.6 cm³/mol. The van der Waals surface area contributed by atoms with E-state index in [-0.39, 0.29) is 0 Å². The molecule has 17 heavy (non-hydrogen) atoms. The van der Waals surface area contributed by atoms with Crippen molar-refractivity contribution >= 4 is 33.9 Å². The van der Waals surface area contributed by atoms with Crippen LogP contribution in [-0.4, -0.2) is 30.7 Å². The molecule has 0 radical (unpaired) electrons. The van der Waals surface area contributed by atoms with Gasteiger partial charge in [0.1, 0.15) is 0 Å². The largest absolute Gasteiger partial charge is 0.321 e. The van der Waals surface area contributed by atoms with Gasteiger partial charge in [0, 0.05) is 31.1 Å². The molecule has 1 aromatic heterocycles. The van der Waals surface area contributed by atoms with Crippen molar-refractivity contribution in [3.63, 3.8) is 0 Å². The molecule has 0 fully saturated rings. The summed E-state index contributed by atoms with van der Waals surface area (Å²) in [6.07, 6.45) is 10.9. The molecule has 1 aliphatic carbocycles. The minimum Gasteiger partial charge on any atom is -0.321 e. The molecular weight excluding hydrogens is 236 g/mol. The number of rotatable bonds is 1. The molecule has 0 N–H and O–H groups in total. The molecule has 2 aliphatic rings. The van der Waals surface area contributed by atoms with Crippen molar-refractivity contribution in [1.29, 1.82) is 0 Å². The number of aromatic nitrogens is 1. The van der Waals surface area contributed by atoms with Crippen molar-refractivity contribution in [3.8, 4) is 0 Å². The predicted octanol–water partition coefficient (Wildman–Crippen LogP) is -0.251. The molecule has 0 amide bonds. The number of sulfone groups is 1. The van der Waals surface area contributed by atoms with Crippen molar-refractivity contribution < 1.29 is 8.42 Å². The molecule has 88 valence electrons. The Morgan fingerprint density at radius 3 is 3.06 bits per heavy atom. The van der Waals surface area contributed by atoms with E-state index in [1.165, 1.54) is 6.26 Å². The van der Waals surface area contributed by atoms with Crippen LogP contribution in [0.1, 0.15) is 6.42 Å². The lowest BCUT2D eigenvalue weighted by atomic mass is 10.0. The second-order valence-electron chi connectivity index (χ2n) is 4.37. The molecule has 5 heteroatoms. The van der Waals surface area contributed by atoms with Crippen LogP contribution in [0.25, 0.3) is 17.8 Å². The maximum atomic E-state index is 11.7. The summed E-state index contributed by atoms with van der Waals surface area (Å²) in [5.74, 6) is 0. The standard InChI is InChI=1S/C12H12N2O2S/c1-17(15,16)11-6-9-2-4-14-5-3-13-8-10(7-11)12(9)14/h2-6,8,11H,7H2,1H3. The first-order valence-electron chi connectivity index (χ1n) is 5.36. The Kier molecular flexibility index (Phi) is 2.13. The Hall–Kier alpha value is -1.62. The molecule has 1 unspecified atom stereocenters. The van der Waals surface area contributed by atoms with Gasteiger partial charge >= 0.3 is 0 Å². The molecule has 2 heterocycles. The second kappa shape index (κ2) is 3.43. The highest BCUT2D eigenvalue weighted by Crippen LogP contribution is 2.15. The van der Waals surface area contributed by atoms with E-state index in [1.54, 1.807) is 12.4 Å². The Labute approximate surface area is 99.2 Å². The zero-order valence-corrected chi connectivity index (χ0v) is 10.2. The Bertz CT molecular complexity index is 751. The van der Waals surface area contributed by atoms with Crippen LogP contribution in [0.2, 0.25) is 0 Å². The molecular formula is C12H12N2O2S. The van der Waals surface area contributed by atoms with Gasteiger partial charge in [-0.25, -0.2) is 8.42 Å². The van der Waals surface area contributed by atoms with Gasteiger partial charge in [0.2, 0.25) is 0 Å². The Morgan fingerprint density at radius 1 is 1.47 bits per heavy atom. The summed E-state index contributed by atoms with van der Waals surface area (Å²) in [7, 11) is -3.06. The molecule has 0 aromatic carbocycles. The lowest BCUT2D eigenvalue weighted by molar-refractivity contribution is 0.596. The van der Waals surface area contributed by atoms with Crippen molar-refractivity contribution in [1.82, 2.24) is 4.57 Å². The Morgan fingerprint density at radius 2 is 2.29 bits per heavy atom.